The molecule has 0 aliphatic heterocycles. The summed E-state index contributed by atoms with van der Waals surface area (Å²) in [5, 5.41) is 0. The Hall–Kier alpha value is -6.76. The molecule has 0 bridgehead atoms. The molecule has 0 heterocycles. The summed E-state index contributed by atoms with van der Waals surface area (Å²) < 4.78 is 5.99. The molecule has 3 unspecified atom stereocenters. The van der Waals surface area contributed by atoms with Crippen molar-refractivity contribution in [3.8, 4) is 50.3 Å². The van der Waals surface area contributed by atoms with Crippen LogP contribution in [0.25, 0.3) is 68.8 Å². The van der Waals surface area contributed by atoms with Crippen molar-refractivity contribution in [3.05, 3.63) is 253 Å². The molecule has 0 aromatic heterocycles. The lowest BCUT2D eigenvalue weighted by Gasteiger charge is -2.40. The first-order valence-corrected chi connectivity index (χ1v) is 39.8. The minimum absolute atomic E-state index is 0.0110. The van der Waals surface area contributed by atoms with Crippen LogP contribution in [-0.2, 0) is 28.1 Å². The average molecular weight is 1230 g/mol. The van der Waals surface area contributed by atoms with Crippen LogP contribution in [0.4, 0.5) is 0 Å². The smallest absolute Gasteiger partial charge is 0.161 e. The Kier molecular flexibility index (Phi) is 17.9. The number of methoxy groups -OCH3 is 1. The van der Waals surface area contributed by atoms with Crippen LogP contribution in [0.15, 0.2) is 186 Å². The molecular formula is C85H99ClOSi2. The zero-order valence-corrected chi connectivity index (χ0v) is 60.4. The number of allylic oxidation sites excluding steroid dienone is 4. The molecule has 1 nitrogen and oxygen atoms in total. The first-order valence-electron chi connectivity index (χ1n) is 32.6. The summed E-state index contributed by atoms with van der Waals surface area (Å²) in [6.45, 7) is 46.8. The van der Waals surface area contributed by atoms with Crippen molar-refractivity contribution in [1.82, 2.24) is 0 Å². The standard InChI is InChI=1S/C42H48Si.C23H29ClOSi.C20H22/c1-27-21-35-33(29-17-13-11-14-18-29)23-31(41(3,4)5)25-37(35)39(27)43(9,10)40-28(2)22-36-34(30-19-15-12-16-20-30)24-32(26-38(36)40)42(6,7)8;1-15-13-17-18(22(15)26(6,7)24)14-19(23(2,3)4)21(25-5)20(17)16-11-9-8-10-12-16;1-14-10-16-12-17(20(2,3)4)13-19(18(16)11-14)15-8-6-5-7-9-15/h11-26,39-40H,1-10H3;8-14,22H,1-7H3;5-10,12-13H,11H2,1-4H3. The lowest BCUT2D eigenvalue weighted by atomic mass is 9.81. The van der Waals surface area contributed by atoms with Crippen molar-refractivity contribution in [2.75, 3.05) is 7.11 Å². The van der Waals surface area contributed by atoms with Gasteiger partial charge >= 0.3 is 0 Å². The van der Waals surface area contributed by atoms with Gasteiger partial charge in [-0.05, 0) is 156 Å². The van der Waals surface area contributed by atoms with E-state index in [1.165, 1.54) is 122 Å². The summed E-state index contributed by atoms with van der Waals surface area (Å²) in [6.07, 6.45) is 10.8. The first kappa shape index (κ1) is 65.2. The van der Waals surface area contributed by atoms with E-state index < -0.39 is 15.5 Å². The molecule has 0 radical (unpaired) electrons. The Balaban J connectivity index is 0.000000161. The minimum Gasteiger partial charge on any atom is -0.496 e. The third kappa shape index (κ3) is 13.1. The van der Waals surface area contributed by atoms with Gasteiger partial charge in [0, 0.05) is 27.8 Å². The van der Waals surface area contributed by atoms with Crippen LogP contribution in [0.2, 0.25) is 26.2 Å². The van der Waals surface area contributed by atoms with Crippen molar-refractivity contribution >= 4 is 50.8 Å². The van der Waals surface area contributed by atoms with Gasteiger partial charge in [-0.2, -0.15) is 11.1 Å². The van der Waals surface area contributed by atoms with Crippen LogP contribution < -0.4 is 4.74 Å². The number of hydrogen-bond acceptors (Lipinski definition) is 1. The van der Waals surface area contributed by atoms with Gasteiger partial charge in [-0.15, -0.1) is 0 Å². The summed E-state index contributed by atoms with van der Waals surface area (Å²) in [6, 6.07) is 60.6. The largest absolute Gasteiger partial charge is 0.496 e. The quantitative estimate of drug-likeness (QED) is 0.109. The van der Waals surface area contributed by atoms with Crippen LogP contribution in [0.1, 0.15) is 194 Å². The Bertz CT molecular complexity index is 3950. The van der Waals surface area contributed by atoms with Gasteiger partial charge in [0.1, 0.15) is 5.75 Å². The lowest BCUT2D eigenvalue weighted by molar-refractivity contribution is 0.399. The molecule has 3 atom stereocenters. The maximum Gasteiger partial charge on any atom is 0.161 e. The van der Waals surface area contributed by atoms with E-state index in [0.29, 0.717) is 16.6 Å². The molecule has 4 heteroatoms. The molecule has 0 saturated heterocycles. The SMILES string of the molecule is CC1=Cc2c(-c3ccccc3)cc(C(C)(C)C)cc2C1[Si](C)(C)C1C(C)=Cc2c(-c3ccccc3)cc(C(C)(C)C)cc21.CC1=Cc2cc(C(C)(C)C)cc(-c3ccccc3)c2C1.COc1c(C(C)(C)C)cc2c(c1-c1ccccc1)C=C(C)C2[Si](C)(C)Cl. The number of ether oxygens (including phenoxy) is 1. The van der Waals surface area contributed by atoms with Crippen LogP contribution in [-0.4, -0.2) is 22.6 Å². The molecule has 0 fully saturated rings. The summed E-state index contributed by atoms with van der Waals surface area (Å²) in [4.78, 5) is 0. The Morgan fingerprint density at radius 1 is 0.404 bits per heavy atom. The Morgan fingerprint density at radius 3 is 1.16 bits per heavy atom. The second-order valence-electron chi connectivity index (χ2n) is 31.5. The van der Waals surface area contributed by atoms with Crippen molar-refractivity contribution in [3.63, 3.8) is 0 Å². The highest BCUT2D eigenvalue weighted by atomic mass is 35.6. The Morgan fingerprint density at radius 2 is 0.764 bits per heavy atom. The van der Waals surface area contributed by atoms with Crippen LogP contribution in [0, 0.1) is 0 Å². The van der Waals surface area contributed by atoms with Crippen molar-refractivity contribution < 1.29 is 4.74 Å². The molecule has 0 saturated carbocycles. The van der Waals surface area contributed by atoms with Gasteiger partial charge in [-0.1, -0.05) is 320 Å². The van der Waals surface area contributed by atoms with Gasteiger partial charge in [0.05, 0.1) is 15.2 Å². The number of hydrogen-bond donors (Lipinski definition) is 0. The average Bonchev–Trinajstić information content (AvgIpc) is 1.66. The van der Waals surface area contributed by atoms with Crippen molar-refractivity contribution in [2.24, 2.45) is 0 Å². The third-order valence-electron chi connectivity index (χ3n) is 19.4. The fourth-order valence-corrected chi connectivity index (χ4v) is 23.1. The molecule has 0 N–H and O–H groups in total. The molecule has 4 aliphatic rings. The second-order valence-corrected chi connectivity index (χ2v) is 42.9. The van der Waals surface area contributed by atoms with Crippen LogP contribution in [0.3, 0.4) is 0 Å². The fraction of sp³-hybridized carbons (Fsp3) is 0.341. The minimum atomic E-state index is -2.01. The fourth-order valence-electron chi connectivity index (χ4n) is 15.1. The van der Waals surface area contributed by atoms with E-state index in [1.807, 2.05) is 0 Å². The van der Waals surface area contributed by atoms with E-state index in [9.17, 15) is 0 Å². The topological polar surface area (TPSA) is 9.23 Å². The molecule has 12 rings (SSSR count). The van der Waals surface area contributed by atoms with Crippen LogP contribution >= 0.6 is 11.1 Å². The van der Waals surface area contributed by atoms with Gasteiger partial charge in [-0.25, -0.2) is 0 Å². The van der Waals surface area contributed by atoms with E-state index >= 15 is 0 Å². The third-order valence-corrected chi connectivity index (χ3v) is 26.7. The number of fused-ring (bicyclic) bond motifs is 4. The predicted molar refractivity (Wildman–Crippen MR) is 396 cm³/mol. The van der Waals surface area contributed by atoms with Gasteiger partial charge in [0.15, 0.2) is 7.38 Å². The van der Waals surface area contributed by atoms with Crippen LogP contribution in [0.5, 0.6) is 5.75 Å². The number of benzene rings is 8. The monoisotopic (exact) mass is 1230 g/mol. The molecule has 4 aliphatic carbocycles. The predicted octanol–water partition coefficient (Wildman–Crippen LogP) is 24.9. The summed E-state index contributed by atoms with van der Waals surface area (Å²) in [7, 11) is -2.14. The maximum atomic E-state index is 6.97. The number of rotatable bonds is 8. The van der Waals surface area contributed by atoms with E-state index in [-0.39, 0.29) is 21.7 Å². The molecular weight excluding hydrogens is 1130 g/mol. The zero-order valence-electron chi connectivity index (χ0n) is 57.6. The number of halogens is 1. The van der Waals surface area contributed by atoms with E-state index in [0.717, 1.165) is 12.2 Å². The van der Waals surface area contributed by atoms with E-state index in [4.69, 9.17) is 15.8 Å². The summed E-state index contributed by atoms with van der Waals surface area (Å²) in [5.74, 6) is 0.987. The summed E-state index contributed by atoms with van der Waals surface area (Å²) >= 11 is 6.97. The molecule has 8 aromatic carbocycles. The van der Waals surface area contributed by atoms with E-state index in [1.54, 1.807) is 18.2 Å². The van der Waals surface area contributed by atoms with Crippen molar-refractivity contribution in [2.45, 2.75) is 182 Å². The molecule has 8 aromatic rings. The molecule has 0 amide bonds. The van der Waals surface area contributed by atoms with Gasteiger partial charge in [0.2, 0.25) is 0 Å². The lowest BCUT2D eigenvalue weighted by Crippen LogP contribution is -2.42. The zero-order chi connectivity index (χ0) is 64.5. The molecule has 89 heavy (non-hydrogen) atoms. The molecule has 0 spiro atoms. The highest BCUT2D eigenvalue weighted by molar-refractivity contribution is 7.20. The van der Waals surface area contributed by atoms with E-state index in [2.05, 4.69) is 325 Å². The van der Waals surface area contributed by atoms with Gasteiger partial charge in [-0.3, -0.25) is 0 Å². The molecule has 460 valence electrons. The van der Waals surface area contributed by atoms with Gasteiger partial charge < -0.3 is 4.74 Å². The Labute approximate surface area is 543 Å². The van der Waals surface area contributed by atoms with Gasteiger partial charge in [0.25, 0.3) is 0 Å². The van der Waals surface area contributed by atoms with Crippen molar-refractivity contribution in [1.29, 1.82) is 0 Å². The normalized spacial score (nSPS) is 17.0. The highest BCUT2D eigenvalue weighted by Gasteiger charge is 2.48. The summed E-state index contributed by atoms with van der Waals surface area (Å²) in [5.41, 5.74) is 35.1. The first-order chi connectivity index (χ1) is 41.7. The second kappa shape index (κ2) is 24.5. The highest BCUT2D eigenvalue weighted by Crippen LogP contribution is 2.57. The maximum absolute atomic E-state index is 6.97.